The SMILES string of the molecule is CCCCC1=NC2(CCCC2)C(=O)N1Cc1ccc(-c2ccccc2S(=O)(=O)Nc2noc(C)c2C)c(COC2CCC2)c1. The molecule has 0 unspecified atom stereocenters. The molecule has 2 fully saturated rings. The van der Waals surface area contributed by atoms with Gasteiger partial charge in [0, 0.05) is 17.5 Å². The van der Waals surface area contributed by atoms with Crippen molar-refractivity contribution in [2.45, 2.75) is 115 Å². The summed E-state index contributed by atoms with van der Waals surface area (Å²) < 4.78 is 41.4. The van der Waals surface area contributed by atoms with Crippen LogP contribution >= 0.6 is 0 Å². The monoisotopic (exact) mass is 618 g/mol. The Morgan fingerprint density at radius 1 is 1.07 bits per heavy atom. The van der Waals surface area contributed by atoms with E-state index in [1.165, 1.54) is 0 Å². The number of nitrogens with one attached hydrogen (secondary N) is 1. The second-order valence-corrected chi connectivity index (χ2v) is 14.1. The van der Waals surface area contributed by atoms with E-state index in [-0.39, 0.29) is 22.7 Å². The van der Waals surface area contributed by atoms with E-state index < -0.39 is 15.6 Å². The number of amidine groups is 1. The van der Waals surface area contributed by atoms with Gasteiger partial charge in [-0.2, -0.15) is 0 Å². The fourth-order valence-electron chi connectivity index (χ4n) is 6.37. The number of sulfonamides is 1. The molecule has 6 rings (SSSR count). The summed E-state index contributed by atoms with van der Waals surface area (Å²) in [5.74, 6) is 1.76. The van der Waals surface area contributed by atoms with E-state index in [4.69, 9.17) is 14.3 Å². The van der Waals surface area contributed by atoms with Gasteiger partial charge >= 0.3 is 0 Å². The summed E-state index contributed by atoms with van der Waals surface area (Å²) in [5.41, 5.74) is 3.27. The van der Waals surface area contributed by atoms with E-state index in [9.17, 15) is 13.2 Å². The molecule has 44 heavy (non-hydrogen) atoms. The molecule has 3 aliphatic rings. The molecular formula is C34H42N4O5S. The number of rotatable bonds is 12. The fourth-order valence-corrected chi connectivity index (χ4v) is 7.65. The number of carbonyl (C=O) groups excluding carboxylic acids is 1. The summed E-state index contributed by atoms with van der Waals surface area (Å²) in [7, 11) is -3.99. The molecule has 0 atom stereocenters. The molecule has 0 saturated heterocycles. The van der Waals surface area contributed by atoms with Crippen LogP contribution in [0.3, 0.4) is 0 Å². The van der Waals surface area contributed by atoms with Crippen molar-refractivity contribution >= 4 is 27.6 Å². The van der Waals surface area contributed by atoms with Gasteiger partial charge in [0.25, 0.3) is 15.9 Å². The predicted octanol–water partition coefficient (Wildman–Crippen LogP) is 7.07. The average molecular weight is 619 g/mol. The zero-order valence-corrected chi connectivity index (χ0v) is 26.7. The predicted molar refractivity (Wildman–Crippen MR) is 170 cm³/mol. The zero-order valence-electron chi connectivity index (χ0n) is 25.9. The number of amides is 1. The lowest BCUT2D eigenvalue weighted by atomic mass is 9.95. The molecule has 1 amide bonds. The number of aliphatic imine (C=N–C) groups is 1. The molecule has 1 aliphatic heterocycles. The molecule has 1 spiro atoms. The molecule has 2 aliphatic carbocycles. The standard InChI is InChI=1S/C34H42N4O5S/c1-4-5-15-31-35-34(18-8-9-19-34)33(39)38(31)21-25-16-17-28(26(20-25)22-42-27-11-10-12-27)29-13-6-7-14-30(29)44(40,41)37-32-23(2)24(3)43-36-32/h6-7,13-14,16-17,20,27H,4-5,8-12,15,18-19,21-22H2,1-3H3,(H,36,37). The zero-order chi connectivity index (χ0) is 30.9. The van der Waals surface area contributed by atoms with Crippen LogP contribution in [0, 0.1) is 13.8 Å². The lowest BCUT2D eigenvalue weighted by molar-refractivity contribution is -0.131. The van der Waals surface area contributed by atoms with Crippen molar-refractivity contribution < 1.29 is 22.5 Å². The van der Waals surface area contributed by atoms with Crippen LogP contribution in [0.1, 0.15) is 93.6 Å². The number of carbonyl (C=O) groups is 1. The molecule has 0 radical (unpaired) electrons. The second-order valence-electron chi connectivity index (χ2n) is 12.4. The molecular weight excluding hydrogens is 576 g/mol. The van der Waals surface area contributed by atoms with E-state index in [0.29, 0.717) is 30.0 Å². The summed E-state index contributed by atoms with van der Waals surface area (Å²) in [6.45, 7) is 6.45. The number of hydrogen-bond acceptors (Lipinski definition) is 7. The van der Waals surface area contributed by atoms with E-state index >= 15 is 0 Å². The third kappa shape index (κ3) is 5.94. The Kier molecular flexibility index (Phi) is 8.66. The van der Waals surface area contributed by atoms with Crippen molar-refractivity contribution in [1.29, 1.82) is 0 Å². The van der Waals surface area contributed by atoms with E-state index in [1.54, 1.807) is 26.0 Å². The normalized spacial score (nSPS) is 18.2. The first-order chi connectivity index (χ1) is 21.2. The third-order valence-electron chi connectivity index (χ3n) is 9.37. The van der Waals surface area contributed by atoms with Gasteiger partial charge in [-0.1, -0.05) is 67.7 Å². The number of aromatic nitrogens is 1. The molecule has 3 aromatic rings. The number of ether oxygens (including phenoxy) is 1. The van der Waals surface area contributed by atoms with Crippen LogP contribution in [0.4, 0.5) is 5.82 Å². The number of hydrogen-bond donors (Lipinski definition) is 1. The van der Waals surface area contributed by atoms with Gasteiger partial charge in [0.1, 0.15) is 17.1 Å². The van der Waals surface area contributed by atoms with Gasteiger partial charge in [0.05, 0.1) is 24.2 Å². The Bertz CT molecular complexity index is 1670. The van der Waals surface area contributed by atoms with Gasteiger partial charge in [0.2, 0.25) is 0 Å². The molecule has 9 nitrogen and oxygen atoms in total. The number of unbranched alkanes of at least 4 members (excludes halogenated alkanes) is 1. The van der Waals surface area contributed by atoms with Gasteiger partial charge in [0.15, 0.2) is 5.82 Å². The van der Waals surface area contributed by atoms with Crippen molar-refractivity contribution in [1.82, 2.24) is 10.1 Å². The molecule has 234 valence electrons. The molecule has 2 aromatic carbocycles. The molecule has 1 aromatic heterocycles. The van der Waals surface area contributed by atoms with Gasteiger partial charge < -0.3 is 9.26 Å². The minimum atomic E-state index is -3.99. The van der Waals surface area contributed by atoms with Crippen molar-refractivity contribution in [3.63, 3.8) is 0 Å². The molecule has 2 heterocycles. The third-order valence-corrected chi connectivity index (χ3v) is 10.8. The van der Waals surface area contributed by atoms with Crippen LogP contribution in [0.2, 0.25) is 0 Å². The Balaban J connectivity index is 1.34. The maximum Gasteiger partial charge on any atom is 0.263 e. The minimum absolute atomic E-state index is 0.123. The largest absolute Gasteiger partial charge is 0.374 e. The average Bonchev–Trinajstić information content (AvgIpc) is 3.66. The summed E-state index contributed by atoms with van der Waals surface area (Å²) in [5, 5.41) is 3.90. The first-order valence-corrected chi connectivity index (χ1v) is 17.4. The summed E-state index contributed by atoms with van der Waals surface area (Å²) in [6.07, 6.45) is 9.97. The quantitative estimate of drug-likeness (QED) is 0.232. The van der Waals surface area contributed by atoms with Crippen molar-refractivity contribution in [3.8, 4) is 11.1 Å². The Morgan fingerprint density at radius 3 is 2.52 bits per heavy atom. The molecule has 1 N–H and O–H groups in total. The summed E-state index contributed by atoms with van der Waals surface area (Å²) >= 11 is 0. The summed E-state index contributed by atoms with van der Waals surface area (Å²) in [4.78, 5) is 20.9. The highest BCUT2D eigenvalue weighted by Gasteiger charge is 2.49. The second kappa shape index (κ2) is 12.5. The first-order valence-electron chi connectivity index (χ1n) is 15.9. The highest BCUT2D eigenvalue weighted by molar-refractivity contribution is 7.92. The van der Waals surface area contributed by atoms with Crippen LogP contribution in [-0.4, -0.2) is 41.9 Å². The highest BCUT2D eigenvalue weighted by atomic mass is 32.2. The highest BCUT2D eigenvalue weighted by Crippen LogP contribution is 2.41. The van der Waals surface area contributed by atoms with Gasteiger partial charge in [-0.05, 0) is 75.1 Å². The van der Waals surface area contributed by atoms with Crippen LogP contribution in [0.5, 0.6) is 0 Å². The van der Waals surface area contributed by atoms with Gasteiger partial charge in [-0.3, -0.25) is 19.4 Å². The van der Waals surface area contributed by atoms with E-state index in [1.807, 2.05) is 29.2 Å². The van der Waals surface area contributed by atoms with Gasteiger partial charge in [-0.15, -0.1) is 0 Å². The van der Waals surface area contributed by atoms with Crippen LogP contribution in [0.25, 0.3) is 11.1 Å². The van der Waals surface area contributed by atoms with Gasteiger partial charge in [-0.25, -0.2) is 8.42 Å². The lowest BCUT2D eigenvalue weighted by Crippen LogP contribution is -2.40. The van der Waals surface area contributed by atoms with Crippen molar-refractivity contribution in [2.24, 2.45) is 4.99 Å². The van der Waals surface area contributed by atoms with Crippen LogP contribution in [-0.2, 0) is 32.7 Å². The number of nitrogens with zero attached hydrogens (tertiary/aromatic N) is 3. The van der Waals surface area contributed by atoms with Crippen LogP contribution in [0.15, 0.2) is 56.9 Å². The molecule has 10 heteroatoms. The Morgan fingerprint density at radius 2 is 1.84 bits per heavy atom. The topological polar surface area (TPSA) is 114 Å². The number of aryl methyl sites for hydroxylation is 1. The van der Waals surface area contributed by atoms with Crippen molar-refractivity contribution in [3.05, 3.63) is 64.9 Å². The minimum Gasteiger partial charge on any atom is -0.374 e. The number of anilines is 1. The van der Waals surface area contributed by atoms with E-state index in [0.717, 1.165) is 86.7 Å². The fraction of sp³-hybridized carbons (Fsp3) is 0.500. The molecule has 0 bridgehead atoms. The Hall–Kier alpha value is -3.50. The first kappa shape index (κ1) is 30.5. The van der Waals surface area contributed by atoms with Crippen LogP contribution < -0.4 is 4.72 Å². The lowest BCUT2D eigenvalue weighted by Gasteiger charge is -2.27. The van der Waals surface area contributed by atoms with Crippen molar-refractivity contribution in [2.75, 3.05) is 4.72 Å². The maximum atomic E-state index is 13.8. The maximum absolute atomic E-state index is 13.8. The summed E-state index contributed by atoms with van der Waals surface area (Å²) in [6, 6.07) is 13.0. The number of benzene rings is 2. The Labute approximate surface area is 260 Å². The van der Waals surface area contributed by atoms with E-state index in [2.05, 4.69) is 22.9 Å². The molecule has 2 saturated carbocycles. The smallest absolute Gasteiger partial charge is 0.263 e.